The Bertz CT molecular complexity index is 1010. The van der Waals surface area contributed by atoms with E-state index in [0.29, 0.717) is 17.6 Å². The van der Waals surface area contributed by atoms with Gasteiger partial charge in [-0.2, -0.15) is 0 Å². The summed E-state index contributed by atoms with van der Waals surface area (Å²) in [5.41, 5.74) is 0.837. The van der Waals surface area contributed by atoms with Gasteiger partial charge in [0.25, 0.3) is 0 Å². The summed E-state index contributed by atoms with van der Waals surface area (Å²) in [6, 6.07) is 0. The molecular weight excluding hydrogens is 504 g/mol. The molecule has 0 aliphatic heterocycles. The van der Waals surface area contributed by atoms with Crippen LogP contribution in [0.2, 0.25) is 0 Å². The van der Waals surface area contributed by atoms with E-state index >= 15 is 0 Å². The van der Waals surface area contributed by atoms with Gasteiger partial charge in [-0.25, -0.2) is 4.79 Å². The molecule has 0 heterocycles. The summed E-state index contributed by atoms with van der Waals surface area (Å²) < 4.78 is 22.6. The molecule has 0 saturated heterocycles. The van der Waals surface area contributed by atoms with E-state index in [1.807, 2.05) is 20.8 Å². The monoisotopic (exact) mass is 548 g/mol. The first-order valence-electron chi connectivity index (χ1n) is 13.8. The number of Topliss-reactive ketones (excluding diaryl/α,β-unsaturated/α-hetero) is 1. The molecule has 2 aliphatic carbocycles. The minimum atomic E-state index is -1.06. The molecule has 9 nitrogen and oxygen atoms in total. The Hall–Kier alpha value is -2.97. The standard InChI is InChI=1S/C30H44O9/c1-11-15(4)30(35)39-29-25(14(2)3)27-22(19(8)37-21(10)32)13-23(33)26(27)17(6)28(29)38-24(34)12-16(5)18(7)36-20(9)31/h12,14-15,18-19,22,25-29H,6,11,13H2,1-5,7-10H3/b16-12+/t15?,18?,19-,22-,25+,26-,27+,28+,29-/m1/s1. The van der Waals surface area contributed by atoms with Crippen LogP contribution in [0.15, 0.2) is 23.8 Å². The lowest BCUT2D eigenvalue weighted by molar-refractivity contribution is -0.182. The normalized spacial score (nSPS) is 29.2. The van der Waals surface area contributed by atoms with Crippen molar-refractivity contribution in [3.8, 4) is 0 Å². The molecule has 0 radical (unpaired) electrons. The second-order valence-corrected chi connectivity index (χ2v) is 11.3. The lowest BCUT2D eigenvalue weighted by atomic mass is 9.61. The van der Waals surface area contributed by atoms with Crippen LogP contribution in [0, 0.1) is 35.5 Å². The predicted octanol–water partition coefficient (Wildman–Crippen LogP) is 4.37. The lowest BCUT2D eigenvalue weighted by Gasteiger charge is -2.48. The number of carbonyl (C=O) groups excluding carboxylic acids is 5. The smallest absolute Gasteiger partial charge is 0.331 e. The van der Waals surface area contributed by atoms with Gasteiger partial charge in [0.1, 0.15) is 24.1 Å². The van der Waals surface area contributed by atoms with Crippen molar-refractivity contribution in [3.63, 3.8) is 0 Å². The van der Waals surface area contributed by atoms with Crippen molar-refractivity contribution < 1.29 is 42.9 Å². The Morgan fingerprint density at radius 2 is 1.56 bits per heavy atom. The molecule has 2 unspecified atom stereocenters. The van der Waals surface area contributed by atoms with Gasteiger partial charge in [0.2, 0.25) is 0 Å². The molecule has 218 valence electrons. The van der Waals surface area contributed by atoms with Gasteiger partial charge in [0.05, 0.1) is 5.92 Å². The second-order valence-electron chi connectivity index (χ2n) is 11.3. The zero-order valence-corrected chi connectivity index (χ0v) is 24.6. The third-order valence-electron chi connectivity index (χ3n) is 8.11. The van der Waals surface area contributed by atoms with E-state index in [9.17, 15) is 24.0 Å². The Labute approximate surface area is 231 Å². The van der Waals surface area contributed by atoms with Crippen molar-refractivity contribution in [1.29, 1.82) is 0 Å². The number of esters is 4. The molecular formula is C30H44O9. The van der Waals surface area contributed by atoms with Gasteiger partial charge in [0, 0.05) is 44.1 Å². The Kier molecular flexibility index (Phi) is 11.1. The Morgan fingerprint density at radius 3 is 2.08 bits per heavy atom. The molecule has 0 N–H and O–H groups in total. The van der Waals surface area contributed by atoms with Crippen molar-refractivity contribution in [2.45, 2.75) is 99.6 Å². The van der Waals surface area contributed by atoms with Gasteiger partial charge >= 0.3 is 23.9 Å². The number of carbonyl (C=O) groups is 5. The van der Waals surface area contributed by atoms with Crippen LogP contribution in [-0.4, -0.2) is 54.1 Å². The van der Waals surface area contributed by atoms with Crippen LogP contribution in [0.1, 0.15) is 75.2 Å². The summed E-state index contributed by atoms with van der Waals surface area (Å²) in [6.07, 6.45) is -1.15. The van der Waals surface area contributed by atoms with Gasteiger partial charge in [0.15, 0.2) is 6.10 Å². The summed E-state index contributed by atoms with van der Waals surface area (Å²) in [4.78, 5) is 62.5. The third-order valence-corrected chi connectivity index (χ3v) is 8.11. The summed E-state index contributed by atoms with van der Waals surface area (Å²) in [5.74, 6) is -4.21. The van der Waals surface area contributed by atoms with Crippen LogP contribution in [0.25, 0.3) is 0 Å². The topological polar surface area (TPSA) is 122 Å². The van der Waals surface area contributed by atoms with Crippen molar-refractivity contribution in [1.82, 2.24) is 0 Å². The average Bonchev–Trinajstić information content (AvgIpc) is 3.16. The van der Waals surface area contributed by atoms with Crippen LogP contribution in [0.4, 0.5) is 0 Å². The van der Waals surface area contributed by atoms with E-state index in [1.165, 1.54) is 19.9 Å². The van der Waals surface area contributed by atoms with Crippen molar-refractivity contribution in [2.75, 3.05) is 0 Å². The lowest BCUT2D eigenvalue weighted by Crippen LogP contribution is -2.55. The van der Waals surface area contributed by atoms with Crippen LogP contribution in [0.3, 0.4) is 0 Å². The fourth-order valence-corrected chi connectivity index (χ4v) is 5.88. The van der Waals surface area contributed by atoms with E-state index in [2.05, 4.69) is 6.58 Å². The molecule has 2 aliphatic rings. The molecule has 0 aromatic carbocycles. The molecule has 0 spiro atoms. The highest BCUT2D eigenvalue weighted by Gasteiger charge is 2.60. The van der Waals surface area contributed by atoms with E-state index in [1.54, 1.807) is 27.7 Å². The highest BCUT2D eigenvalue weighted by atomic mass is 16.6. The number of rotatable bonds is 10. The van der Waals surface area contributed by atoms with Crippen molar-refractivity contribution in [2.24, 2.45) is 35.5 Å². The maximum absolute atomic E-state index is 13.4. The SMILES string of the molecule is C=C1[C@@H]2C(=O)C[C@H]([C@@H](C)OC(C)=O)[C@H]2[C@H](C(C)C)[C@@H](OC(=O)C(C)CC)[C@H]1OC(=O)/C=C(\C)C(C)OC(C)=O. The van der Waals surface area contributed by atoms with E-state index in [0.717, 1.165) is 0 Å². The number of ketones is 1. The van der Waals surface area contributed by atoms with Gasteiger partial charge in [-0.3, -0.25) is 19.2 Å². The van der Waals surface area contributed by atoms with Crippen molar-refractivity contribution in [3.05, 3.63) is 23.8 Å². The first-order valence-corrected chi connectivity index (χ1v) is 13.8. The zero-order chi connectivity index (χ0) is 29.8. The van der Waals surface area contributed by atoms with Gasteiger partial charge in [-0.05, 0) is 50.2 Å². The first kappa shape index (κ1) is 32.2. The van der Waals surface area contributed by atoms with Gasteiger partial charge in [-0.1, -0.05) is 34.3 Å². The number of fused-ring (bicyclic) bond motifs is 1. The van der Waals surface area contributed by atoms with E-state index in [-0.39, 0.29) is 41.8 Å². The van der Waals surface area contributed by atoms with Crippen LogP contribution >= 0.6 is 0 Å². The molecule has 0 aromatic rings. The van der Waals surface area contributed by atoms with Gasteiger partial charge < -0.3 is 18.9 Å². The quantitative estimate of drug-likeness (QED) is 0.169. The number of hydrogen-bond donors (Lipinski definition) is 0. The minimum Gasteiger partial charge on any atom is -0.463 e. The van der Waals surface area contributed by atoms with Crippen LogP contribution in [0.5, 0.6) is 0 Å². The summed E-state index contributed by atoms with van der Waals surface area (Å²) >= 11 is 0. The van der Waals surface area contributed by atoms with Crippen molar-refractivity contribution >= 4 is 29.7 Å². The maximum Gasteiger partial charge on any atom is 0.331 e. The number of hydrogen-bond acceptors (Lipinski definition) is 9. The molecule has 9 atom stereocenters. The van der Waals surface area contributed by atoms with Gasteiger partial charge in [-0.15, -0.1) is 0 Å². The van der Waals surface area contributed by atoms with E-state index in [4.69, 9.17) is 18.9 Å². The molecule has 2 saturated carbocycles. The second kappa shape index (κ2) is 13.4. The molecule has 2 fully saturated rings. The third kappa shape index (κ3) is 7.57. The average molecular weight is 549 g/mol. The number of ether oxygens (including phenoxy) is 4. The molecule has 0 bridgehead atoms. The largest absolute Gasteiger partial charge is 0.463 e. The first-order chi connectivity index (χ1) is 18.1. The Morgan fingerprint density at radius 1 is 0.974 bits per heavy atom. The Balaban J connectivity index is 2.53. The molecule has 0 amide bonds. The highest BCUT2D eigenvalue weighted by molar-refractivity contribution is 5.88. The van der Waals surface area contributed by atoms with Crippen LogP contribution in [-0.2, 0) is 42.9 Å². The molecule has 2 rings (SSSR count). The highest BCUT2D eigenvalue weighted by Crippen LogP contribution is 2.54. The zero-order valence-electron chi connectivity index (χ0n) is 24.6. The summed E-state index contributed by atoms with van der Waals surface area (Å²) in [5, 5.41) is 0. The summed E-state index contributed by atoms with van der Waals surface area (Å²) in [6.45, 7) is 19.4. The van der Waals surface area contributed by atoms with Crippen LogP contribution < -0.4 is 0 Å². The summed E-state index contributed by atoms with van der Waals surface area (Å²) in [7, 11) is 0. The minimum absolute atomic E-state index is 0.0670. The fourth-order valence-electron chi connectivity index (χ4n) is 5.88. The maximum atomic E-state index is 13.4. The molecule has 39 heavy (non-hydrogen) atoms. The molecule has 0 aromatic heterocycles. The molecule has 9 heteroatoms. The fraction of sp³-hybridized carbons (Fsp3) is 0.700. The predicted molar refractivity (Wildman–Crippen MR) is 143 cm³/mol. The van der Waals surface area contributed by atoms with E-state index < -0.39 is 54.2 Å².